The Morgan fingerprint density at radius 3 is 3.12 bits per heavy atom. The van der Waals surface area contributed by atoms with Crippen LogP contribution in [0, 0.1) is 6.92 Å². The van der Waals surface area contributed by atoms with Crippen molar-refractivity contribution in [2.24, 2.45) is 0 Å². The van der Waals surface area contributed by atoms with Crippen LogP contribution in [-0.4, -0.2) is 45.8 Å². The van der Waals surface area contributed by atoms with Crippen LogP contribution in [0.25, 0.3) is 0 Å². The van der Waals surface area contributed by atoms with Crippen molar-refractivity contribution in [3.63, 3.8) is 0 Å². The lowest BCUT2D eigenvalue weighted by Crippen LogP contribution is -2.40. The summed E-state index contributed by atoms with van der Waals surface area (Å²) in [5.74, 6) is 1.10. The molecule has 1 aliphatic rings. The lowest BCUT2D eigenvalue weighted by atomic mass is 9.97. The van der Waals surface area contributed by atoms with E-state index in [0.29, 0.717) is 24.8 Å². The molecule has 1 unspecified atom stereocenters. The zero-order chi connectivity index (χ0) is 11.5. The number of rotatable bonds is 2. The van der Waals surface area contributed by atoms with E-state index in [1.807, 2.05) is 0 Å². The zero-order valence-electron chi connectivity index (χ0n) is 9.22. The summed E-state index contributed by atoms with van der Waals surface area (Å²) in [4.78, 5) is 17.2. The van der Waals surface area contributed by atoms with Gasteiger partial charge in [-0.15, -0.1) is 0 Å². The Kier molecular flexibility index (Phi) is 3.19. The highest BCUT2D eigenvalue weighted by molar-refractivity contribution is 5.77. The normalized spacial score (nSPS) is 21.1. The molecular weight excluding hydrogens is 210 g/mol. The van der Waals surface area contributed by atoms with Crippen LogP contribution in [0.1, 0.15) is 30.5 Å². The number of aliphatic hydroxyl groups excluding tert-OH is 1. The summed E-state index contributed by atoms with van der Waals surface area (Å²) in [7, 11) is 0. The quantitative estimate of drug-likeness (QED) is 0.770. The third-order valence-electron chi connectivity index (χ3n) is 2.82. The molecule has 2 rings (SSSR count). The van der Waals surface area contributed by atoms with E-state index in [2.05, 4.69) is 10.1 Å². The van der Waals surface area contributed by atoms with Gasteiger partial charge in [-0.05, 0) is 12.8 Å². The molecule has 6 nitrogen and oxygen atoms in total. The van der Waals surface area contributed by atoms with Gasteiger partial charge in [0, 0.05) is 25.9 Å². The molecule has 1 atom stereocenters. The van der Waals surface area contributed by atoms with Crippen molar-refractivity contribution in [1.29, 1.82) is 0 Å². The summed E-state index contributed by atoms with van der Waals surface area (Å²) in [5.41, 5.74) is 0. The fraction of sp³-hybridized carbons (Fsp3) is 0.700. The Morgan fingerprint density at radius 1 is 1.69 bits per heavy atom. The van der Waals surface area contributed by atoms with Gasteiger partial charge in [-0.2, -0.15) is 4.98 Å². The lowest BCUT2D eigenvalue weighted by Gasteiger charge is -2.30. The molecule has 2 heterocycles. The molecule has 1 aromatic rings. The molecular formula is C10H15N3O3. The first-order chi connectivity index (χ1) is 7.70. The van der Waals surface area contributed by atoms with Gasteiger partial charge in [-0.25, -0.2) is 0 Å². The van der Waals surface area contributed by atoms with Gasteiger partial charge in [0.1, 0.15) is 6.61 Å². The Labute approximate surface area is 93.2 Å². The second-order valence-corrected chi connectivity index (χ2v) is 4.01. The zero-order valence-corrected chi connectivity index (χ0v) is 9.22. The Hall–Kier alpha value is -1.43. The summed E-state index contributed by atoms with van der Waals surface area (Å²) >= 11 is 0. The molecule has 1 fully saturated rings. The Balaban J connectivity index is 2.04. The fourth-order valence-corrected chi connectivity index (χ4v) is 2.00. The third-order valence-corrected chi connectivity index (χ3v) is 2.82. The minimum Gasteiger partial charge on any atom is -0.387 e. The van der Waals surface area contributed by atoms with Crippen molar-refractivity contribution >= 4 is 5.91 Å². The fourth-order valence-electron chi connectivity index (χ4n) is 2.00. The molecule has 0 aliphatic carbocycles. The summed E-state index contributed by atoms with van der Waals surface area (Å²) in [5, 5.41) is 12.7. The van der Waals surface area contributed by atoms with Gasteiger partial charge in [-0.3, -0.25) is 4.79 Å². The van der Waals surface area contributed by atoms with E-state index in [1.54, 1.807) is 11.8 Å². The summed E-state index contributed by atoms with van der Waals surface area (Å²) in [6.07, 6.45) is 1.86. The minimum absolute atomic E-state index is 0.127. The average Bonchev–Trinajstić information content (AvgIpc) is 2.75. The number of aliphatic hydroxyl groups is 1. The van der Waals surface area contributed by atoms with E-state index in [-0.39, 0.29) is 11.8 Å². The van der Waals surface area contributed by atoms with Gasteiger partial charge >= 0.3 is 0 Å². The van der Waals surface area contributed by atoms with E-state index >= 15 is 0 Å². The minimum atomic E-state index is -0.433. The van der Waals surface area contributed by atoms with E-state index in [1.165, 1.54) is 0 Å². The number of aromatic nitrogens is 2. The van der Waals surface area contributed by atoms with E-state index in [4.69, 9.17) is 9.63 Å². The molecule has 1 amide bonds. The molecule has 88 valence electrons. The molecule has 0 bridgehead atoms. The highest BCUT2D eigenvalue weighted by Crippen LogP contribution is 2.24. The first kappa shape index (κ1) is 11.1. The Bertz CT molecular complexity index is 377. The predicted octanol–water partition coefficient (Wildman–Crippen LogP) is 0.0763. The van der Waals surface area contributed by atoms with Gasteiger partial charge in [0.05, 0.1) is 0 Å². The summed E-state index contributed by atoms with van der Waals surface area (Å²) in [6, 6.07) is 0. The van der Waals surface area contributed by atoms with Crippen molar-refractivity contribution in [2.45, 2.75) is 25.7 Å². The first-order valence-electron chi connectivity index (χ1n) is 5.39. The van der Waals surface area contributed by atoms with Crippen LogP contribution >= 0.6 is 0 Å². The number of amides is 1. The highest BCUT2D eigenvalue weighted by atomic mass is 16.5. The molecule has 6 heteroatoms. The van der Waals surface area contributed by atoms with Crippen molar-refractivity contribution < 1.29 is 14.4 Å². The number of hydrogen-bond donors (Lipinski definition) is 1. The van der Waals surface area contributed by atoms with E-state index in [0.717, 1.165) is 12.8 Å². The number of nitrogens with zero attached hydrogens (tertiary/aromatic N) is 3. The van der Waals surface area contributed by atoms with Crippen molar-refractivity contribution in [3.8, 4) is 0 Å². The van der Waals surface area contributed by atoms with Crippen LogP contribution in [-0.2, 0) is 4.79 Å². The first-order valence-corrected chi connectivity index (χ1v) is 5.39. The number of piperidine rings is 1. The molecule has 1 N–H and O–H groups in total. The van der Waals surface area contributed by atoms with Crippen molar-refractivity contribution in [3.05, 3.63) is 11.7 Å². The topological polar surface area (TPSA) is 79.5 Å². The lowest BCUT2D eigenvalue weighted by molar-refractivity contribution is -0.135. The smallest absolute Gasteiger partial charge is 0.248 e. The number of likely N-dealkylation sites (tertiary alicyclic amines) is 1. The summed E-state index contributed by atoms with van der Waals surface area (Å²) in [6.45, 7) is 2.58. The van der Waals surface area contributed by atoms with Crippen LogP contribution in [0.4, 0.5) is 0 Å². The van der Waals surface area contributed by atoms with Crippen LogP contribution < -0.4 is 0 Å². The second-order valence-electron chi connectivity index (χ2n) is 4.01. The van der Waals surface area contributed by atoms with Gasteiger partial charge < -0.3 is 14.5 Å². The number of hydrogen-bond acceptors (Lipinski definition) is 5. The van der Waals surface area contributed by atoms with Crippen molar-refractivity contribution in [1.82, 2.24) is 15.0 Å². The third kappa shape index (κ3) is 2.21. The molecule has 0 spiro atoms. The van der Waals surface area contributed by atoms with Gasteiger partial charge in [0.15, 0.2) is 5.82 Å². The van der Waals surface area contributed by atoms with Gasteiger partial charge in [0.2, 0.25) is 11.8 Å². The highest BCUT2D eigenvalue weighted by Gasteiger charge is 2.27. The SMILES string of the molecule is Cc1nc(C2CCCN(C(=O)CO)C2)no1. The number of carbonyl (C=O) groups is 1. The van der Waals surface area contributed by atoms with Crippen LogP contribution in [0.5, 0.6) is 0 Å². The maximum absolute atomic E-state index is 11.4. The number of aryl methyl sites for hydroxylation is 1. The second kappa shape index (κ2) is 4.61. The molecule has 0 radical (unpaired) electrons. The van der Waals surface area contributed by atoms with E-state index < -0.39 is 6.61 Å². The monoisotopic (exact) mass is 225 g/mol. The molecule has 0 saturated carbocycles. The molecule has 1 aliphatic heterocycles. The van der Waals surface area contributed by atoms with Crippen LogP contribution in [0.2, 0.25) is 0 Å². The van der Waals surface area contributed by atoms with E-state index in [9.17, 15) is 4.79 Å². The maximum atomic E-state index is 11.4. The predicted molar refractivity (Wildman–Crippen MR) is 54.7 cm³/mol. The molecule has 16 heavy (non-hydrogen) atoms. The van der Waals surface area contributed by atoms with Crippen LogP contribution in [0.3, 0.4) is 0 Å². The van der Waals surface area contributed by atoms with Crippen LogP contribution in [0.15, 0.2) is 4.52 Å². The molecule has 0 aromatic carbocycles. The van der Waals surface area contributed by atoms with Gasteiger partial charge in [0.25, 0.3) is 0 Å². The van der Waals surface area contributed by atoms with Gasteiger partial charge in [-0.1, -0.05) is 5.16 Å². The average molecular weight is 225 g/mol. The molecule has 1 saturated heterocycles. The molecule has 1 aromatic heterocycles. The Morgan fingerprint density at radius 2 is 2.50 bits per heavy atom. The van der Waals surface area contributed by atoms with Crippen molar-refractivity contribution in [2.75, 3.05) is 19.7 Å². The largest absolute Gasteiger partial charge is 0.387 e. The summed E-state index contributed by atoms with van der Waals surface area (Å²) < 4.78 is 4.93. The maximum Gasteiger partial charge on any atom is 0.248 e. The standard InChI is InChI=1S/C10H15N3O3/c1-7-11-10(12-16-7)8-3-2-4-13(5-8)9(15)6-14/h8,14H,2-6H2,1H3. The number of carbonyl (C=O) groups excluding carboxylic acids is 1.